The van der Waals surface area contributed by atoms with Gasteiger partial charge in [0, 0.05) is 57.1 Å². The predicted molar refractivity (Wildman–Crippen MR) is 148 cm³/mol. The van der Waals surface area contributed by atoms with Crippen LogP contribution in [0.4, 0.5) is 18.0 Å². The van der Waals surface area contributed by atoms with Gasteiger partial charge in [-0.2, -0.15) is 18.3 Å². The molecule has 3 saturated heterocycles. The van der Waals surface area contributed by atoms with E-state index in [-0.39, 0.29) is 41.9 Å². The van der Waals surface area contributed by atoms with Gasteiger partial charge in [0.25, 0.3) is 5.91 Å². The average molecular weight is 573 g/mol. The molecule has 0 N–H and O–H groups in total. The molecule has 1 unspecified atom stereocenters. The fourth-order valence-electron chi connectivity index (χ4n) is 6.91. The highest BCUT2D eigenvalue weighted by Crippen LogP contribution is 2.44. The van der Waals surface area contributed by atoms with Crippen molar-refractivity contribution in [2.45, 2.75) is 68.6 Å². The lowest BCUT2D eigenvalue weighted by Crippen LogP contribution is -2.47. The lowest BCUT2D eigenvalue weighted by atomic mass is 9.93. The van der Waals surface area contributed by atoms with Gasteiger partial charge in [0.2, 0.25) is 0 Å². The van der Waals surface area contributed by atoms with Crippen molar-refractivity contribution in [3.63, 3.8) is 0 Å². The number of hydrogen-bond donors (Lipinski definition) is 0. The number of urea groups is 1. The minimum absolute atomic E-state index is 0.113. The van der Waals surface area contributed by atoms with Crippen LogP contribution in [0.25, 0.3) is 0 Å². The molecule has 1 aliphatic carbocycles. The van der Waals surface area contributed by atoms with Crippen molar-refractivity contribution in [1.29, 1.82) is 0 Å². The molecule has 1 aromatic heterocycles. The molecule has 1 saturated carbocycles. The fraction of sp³-hybridized carbons (Fsp3) is 0.633. The number of carbonyl (C=O) groups is 2. The van der Waals surface area contributed by atoms with E-state index in [9.17, 15) is 22.8 Å². The number of likely N-dealkylation sites (tertiary alicyclic amines) is 3. The van der Waals surface area contributed by atoms with Crippen LogP contribution in [0.15, 0.2) is 30.5 Å². The molecule has 0 bridgehead atoms. The summed E-state index contributed by atoms with van der Waals surface area (Å²) in [6, 6.07) is 6.35. The monoisotopic (exact) mass is 572 g/mol. The van der Waals surface area contributed by atoms with Gasteiger partial charge in [-0.3, -0.25) is 9.48 Å². The third-order valence-corrected chi connectivity index (χ3v) is 9.46. The van der Waals surface area contributed by atoms with Crippen LogP contribution in [0.2, 0.25) is 0 Å². The van der Waals surface area contributed by atoms with E-state index in [2.05, 4.69) is 19.0 Å². The Kier molecular flexibility index (Phi) is 7.50. The predicted octanol–water partition coefficient (Wildman–Crippen LogP) is 4.80. The summed E-state index contributed by atoms with van der Waals surface area (Å²) in [6.07, 6.45) is 2.33. The number of rotatable bonds is 5. The van der Waals surface area contributed by atoms with E-state index in [4.69, 9.17) is 5.10 Å². The van der Waals surface area contributed by atoms with Crippen LogP contribution < -0.4 is 0 Å². The van der Waals surface area contributed by atoms with Crippen LogP contribution in [0, 0.1) is 0 Å². The molecule has 41 heavy (non-hydrogen) atoms. The third-order valence-electron chi connectivity index (χ3n) is 9.46. The Morgan fingerprint density at radius 3 is 2.20 bits per heavy atom. The quantitative estimate of drug-likeness (QED) is 0.517. The number of hydrogen-bond acceptors (Lipinski definition) is 4. The first-order valence-corrected chi connectivity index (χ1v) is 14.8. The molecule has 4 heterocycles. The van der Waals surface area contributed by atoms with E-state index >= 15 is 0 Å². The van der Waals surface area contributed by atoms with E-state index in [0.29, 0.717) is 37.7 Å². The van der Waals surface area contributed by atoms with Crippen molar-refractivity contribution in [1.82, 2.24) is 29.4 Å². The molecule has 4 fully saturated rings. The first kappa shape index (κ1) is 28.1. The second-order valence-electron chi connectivity index (χ2n) is 12.3. The smallest absolute Gasteiger partial charge is 0.338 e. The summed E-state index contributed by atoms with van der Waals surface area (Å²) in [5.74, 6) is -0.197. The maximum atomic E-state index is 13.7. The molecule has 3 amide bonds. The number of benzene rings is 1. The molecule has 222 valence electrons. The summed E-state index contributed by atoms with van der Waals surface area (Å²) < 4.78 is 42.9. The molecule has 2 aromatic rings. The number of carbonyl (C=O) groups excluding carboxylic acids is 2. The van der Waals surface area contributed by atoms with E-state index < -0.39 is 11.7 Å². The topological polar surface area (TPSA) is 64.9 Å². The minimum Gasteiger partial charge on any atom is -0.338 e. The second kappa shape index (κ2) is 11.0. The summed E-state index contributed by atoms with van der Waals surface area (Å²) in [7, 11) is 4.11. The lowest BCUT2D eigenvalue weighted by Gasteiger charge is -2.35. The molecular formula is C30H39F3N6O2. The number of halogens is 3. The van der Waals surface area contributed by atoms with Crippen molar-refractivity contribution in [3.8, 4) is 0 Å². The normalized spacial score (nSPS) is 24.1. The Hall–Kier alpha value is -3.08. The van der Waals surface area contributed by atoms with E-state index in [0.717, 1.165) is 57.0 Å². The number of aromatic nitrogens is 2. The zero-order chi connectivity index (χ0) is 28.9. The second-order valence-corrected chi connectivity index (χ2v) is 12.3. The summed E-state index contributed by atoms with van der Waals surface area (Å²) >= 11 is 0. The molecule has 0 radical (unpaired) electrons. The zero-order valence-corrected chi connectivity index (χ0v) is 23.8. The first-order chi connectivity index (χ1) is 19.6. The van der Waals surface area contributed by atoms with Crippen LogP contribution in [-0.4, -0.2) is 101 Å². The Morgan fingerprint density at radius 1 is 0.854 bits per heavy atom. The minimum atomic E-state index is -4.42. The van der Waals surface area contributed by atoms with Gasteiger partial charge in [0.1, 0.15) is 0 Å². The zero-order valence-electron chi connectivity index (χ0n) is 23.8. The summed E-state index contributed by atoms with van der Waals surface area (Å²) in [5.41, 5.74) is 1.20. The maximum Gasteiger partial charge on any atom is 0.416 e. The average Bonchev–Trinajstić information content (AvgIpc) is 3.35. The maximum absolute atomic E-state index is 13.7. The molecule has 8 nitrogen and oxygen atoms in total. The van der Waals surface area contributed by atoms with Gasteiger partial charge in [0.15, 0.2) is 0 Å². The van der Waals surface area contributed by atoms with Gasteiger partial charge in [-0.25, -0.2) is 4.79 Å². The van der Waals surface area contributed by atoms with Crippen molar-refractivity contribution >= 4 is 11.9 Å². The molecule has 6 rings (SSSR count). The highest BCUT2D eigenvalue weighted by Gasteiger charge is 2.41. The van der Waals surface area contributed by atoms with Gasteiger partial charge in [-0.1, -0.05) is 18.2 Å². The molecule has 0 spiro atoms. The first-order valence-electron chi connectivity index (χ1n) is 14.8. The molecule has 2 atom stereocenters. The number of nitrogens with zero attached hydrogens (tertiary/aromatic N) is 6. The summed E-state index contributed by atoms with van der Waals surface area (Å²) in [5, 5.41) is 4.69. The highest BCUT2D eigenvalue weighted by atomic mass is 19.4. The molecule has 11 heteroatoms. The standard InChI is InChI=1S/C30H39F3N6O2/c1-35(2)23-12-16-38(19-23)29(41)36-14-10-22(11-15-36)39-27(20-7-8-20)25(17-34-39)28(40)37-13-9-21(18-37)24-5-3-4-6-26(24)30(31,32)33/h3-6,17,20-23H,7-16,18-19H2,1-2H3/t21-,23?/m1/s1. The van der Waals surface area contributed by atoms with Crippen LogP contribution in [0.1, 0.15) is 83.6 Å². The van der Waals surface area contributed by atoms with Gasteiger partial charge in [0.05, 0.1) is 29.1 Å². The number of alkyl halides is 3. The summed E-state index contributed by atoms with van der Waals surface area (Å²) in [6.45, 7) is 3.57. The fourth-order valence-corrected chi connectivity index (χ4v) is 6.91. The number of amides is 3. The summed E-state index contributed by atoms with van der Waals surface area (Å²) in [4.78, 5) is 34.6. The van der Waals surface area contributed by atoms with Gasteiger partial charge >= 0.3 is 12.2 Å². The SMILES string of the molecule is CN(C)C1CCN(C(=O)N2CCC(n3ncc(C(=O)N4CC[C@@H](c5ccccc5C(F)(F)F)C4)c3C3CC3)CC2)C1. The Balaban J connectivity index is 1.12. The van der Waals surface area contributed by atoms with E-state index in [1.807, 2.05) is 14.5 Å². The Morgan fingerprint density at radius 2 is 1.54 bits per heavy atom. The molecule has 1 aromatic carbocycles. The number of likely N-dealkylation sites (N-methyl/N-ethyl adjacent to an activating group) is 1. The van der Waals surface area contributed by atoms with Crippen LogP contribution >= 0.6 is 0 Å². The van der Waals surface area contributed by atoms with E-state index in [1.54, 1.807) is 17.2 Å². The largest absolute Gasteiger partial charge is 0.416 e. The lowest BCUT2D eigenvalue weighted by molar-refractivity contribution is -0.138. The van der Waals surface area contributed by atoms with Crippen molar-refractivity contribution in [2.75, 3.05) is 53.4 Å². The van der Waals surface area contributed by atoms with Crippen LogP contribution in [0.3, 0.4) is 0 Å². The third kappa shape index (κ3) is 5.57. The van der Waals surface area contributed by atoms with Gasteiger partial charge in [-0.05, 0) is 64.3 Å². The van der Waals surface area contributed by atoms with Crippen LogP contribution in [0.5, 0.6) is 0 Å². The van der Waals surface area contributed by atoms with E-state index in [1.165, 1.54) is 12.1 Å². The van der Waals surface area contributed by atoms with Crippen molar-refractivity contribution < 1.29 is 22.8 Å². The Bertz CT molecular complexity index is 1280. The number of piperidine rings is 1. The van der Waals surface area contributed by atoms with Gasteiger partial charge < -0.3 is 19.6 Å². The highest BCUT2D eigenvalue weighted by molar-refractivity contribution is 5.95. The van der Waals surface area contributed by atoms with Crippen LogP contribution in [-0.2, 0) is 6.18 Å². The molecule has 4 aliphatic rings. The van der Waals surface area contributed by atoms with Gasteiger partial charge in [-0.15, -0.1) is 0 Å². The molecular weight excluding hydrogens is 533 g/mol. The molecule has 3 aliphatic heterocycles. The Labute approximate surface area is 239 Å². The van der Waals surface area contributed by atoms with Crippen molar-refractivity contribution in [2.24, 2.45) is 0 Å². The van der Waals surface area contributed by atoms with Crippen molar-refractivity contribution in [3.05, 3.63) is 52.8 Å².